The summed E-state index contributed by atoms with van der Waals surface area (Å²) in [6.45, 7) is 5.55. The molecule has 0 aliphatic carbocycles. The molecule has 4 nitrogen and oxygen atoms in total. The van der Waals surface area contributed by atoms with Gasteiger partial charge in [0, 0.05) is 6.42 Å². The fourth-order valence-electron chi connectivity index (χ4n) is 2.75. The quantitative estimate of drug-likeness (QED) is 0.705. The van der Waals surface area contributed by atoms with Crippen molar-refractivity contribution in [3.63, 3.8) is 0 Å². The lowest BCUT2D eigenvalue weighted by molar-refractivity contribution is -0.148. The van der Waals surface area contributed by atoms with Crippen molar-refractivity contribution in [1.82, 2.24) is 5.32 Å². The Labute approximate surface area is 159 Å². The van der Waals surface area contributed by atoms with Crippen molar-refractivity contribution < 1.29 is 18.7 Å². The van der Waals surface area contributed by atoms with Crippen LogP contribution in [0.4, 0.5) is 4.39 Å². The maximum Gasteiger partial charge on any atom is 0.308 e. The van der Waals surface area contributed by atoms with E-state index >= 15 is 0 Å². The van der Waals surface area contributed by atoms with E-state index in [1.165, 1.54) is 12.1 Å². The van der Waals surface area contributed by atoms with Crippen LogP contribution in [0, 0.1) is 12.7 Å². The number of carbonyl (C=O) groups is 2. The van der Waals surface area contributed by atoms with Crippen LogP contribution in [-0.4, -0.2) is 18.0 Å². The zero-order valence-corrected chi connectivity index (χ0v) is 16.0. The highest BCUT2D eigenvalue weighted by molar-refractivity contribution is 5.78. The highest BCUT2D eigenvalue weighted by Gasteiger charge is 2.20. The van der Waals surface area contributed by atoms with Crippen LogP contribution in [0.25, 0.3) is 0 Å². The molecule has 27 heavy (non-hydrogen) atoms. The third kappa shape index (κ3) is 7.21. The molecular formula is C22H26FNO3. The van der Waals surface area contributed by atoms with Gasteiger partial charge in [-0.1, -0.05) is 42.0 Å². The fraction of sp³-hybridized carbons (Fsp3) is 0.364. The van der Waals surface area contributed by atoms with Gasteiger partial charge in [0.2, 0.25) is 5.91 Å². The Morgan fingerprint density at radius 3 is 2.44 bits per heavy atom. The Hall–Kier alpha value is -2.69. The summed E-state index contributed by atoms with van der Waals surface area (Å²) in [5, 5.41) is 2.91. The summed E-state index contributed by atoms with van der Waals surface area (Å²) >= 11 is 0. The van der Waals surface area contributed by atoms with Gasteiger partial charge in [-0.15, -0.1) is 0 Å². The number of ether oxygens (including phenoxy) is 1. The van der Waals surface area contributed by atoms with Crippen LogP contribution in [0.1, 0.15) is 49.4 Å². The van der Waals surface area contributed by atoms with Crippen LogP contribution in [0.3, 0.4) is 0 Å². The number of halogens is 1. The summed E-state index contributed by atoms with van der Waals surface area (Å²) in [7, 11) is 0. The number of hydrogen-bond acceptors (Lipinski definition) is 3. The molecule has 0 aliphatic rings. The van der Waals surface area contributed by atoms with E-state index in [1.54, 1.807) is 26.0 Å². The van der Waals surface area contributed by atoms with Gasteiger partial charge in [0.15, 0.2) is 0 Å². The lowest BCUT2D eigenvalue weighted by Crippen LogP contribution is -2.31. The third-order valence-electron chi connectivity index (χ3n) is 4.08. The van der Waals surface area contributed by atoms with Gasteiger partial charge in [0.1, 0.15) is 5.82 Å². The molecule has 0 aliphatic heterocycles. The zero-order chi connectivity index (χ0) is 19.8. The third-order valence-corrected chi connectivity index (χ3v) is 4.08. The molecule has 0 radical (unpaired) electrons. The number of nitrogens with one attached hydrogen (secondary N) is 1. The Kier molecular flexibility index (Phi) is 7.53. The van der Waals surface area contributed by atoms with Gasteiger partial charge in [0.25, 0.3) is 0 Å². The molecule has 1 N–H and O–H groups in total. The molecule has 0 saturated carbocycles. The van der Waals surface area contributed by atoms with Crippen LogP contribution < -0.4 is 5.32 Å². The molecule has 2 aromatic rings. The van der Waals surface area contributed by atoms with E-state index in [0.29, 0.717) is 6.42 Å². The van der Waals surface area contributed by atoms with E-state index in [2.05, 4.69) is 5.32 Å². The summed E-state index contributed by atoms with van der Waals surface area (Å²) in [6, 6.07) is 13.4. The fourth-order valence-corrected chi connectivity index (χ4v) is 2.75. The number of esters is 1. The van der Waals surface area contributed by atoms with Crippen molar-refractivity contribution in [2.24, 2.45) is 0 Å². The van der Waals surface area contributed by atoms with Gasteiger partial charge in [-0.05, 0) is 50.5 Å². The predicted molar refractivity (Wildman–Crippen MR) is 103 cm³/mol. The second kappa shape index (κ2) is 9.86. The molecule has 144 valence electrons. The van der Waals surface area contributed by atoms with Crippen LogP contribution >= 0.6 is 0 Å². The standard InChI is InChI=1S/C22H26FNO3/c1-15(2)27-22(26)14-20(18-10-7-16(3)8-11-18)24-21(25)12-9-17-5-4-6-19(23)13-17/h4-8,10-11,13,15,20H,9,12,14H2,1-3H3,(H,24,25). The van der Waals surface area contributed by atoms with E-state index in [4.69, 9.17) is 4.74 Å². The summed E-state index contributed by atoms with van der Waals surface area (Å²) in [4.78, 5) is 24.5. The zero-order valence-electron chi connectivity index (χ0n) is 16.0. The van der Waals surface area contributed by atoms with Gasteiger partial charge in [-0.3, -0.25) is 9.59 Å². The molecular weight excluding hydrogens is 345 g/mol. The molecule has 0 bridgehead atoms. The van der Waals surface area contributed by atoms with Crippen molar-refractivity contribution in [2.45, 2.75) is 52.2 Å². The van der Waals surface area contributed by atoms with Gasteiger partial charge in [-0.25, -0.2) is 4.39 Å². The minimum absolute atomic E-state index is 0.0624. The Bertz CT molecular complexity index is 771. The summed E-state index contributed by atoms with van der Waals surface area (Å²) < 4.78 is 18.5. The lowest BCUT2D eigenvalue weighted by atomic mass is 10.0. The largest absolute Gasteiger partial charge is 0.463 e. The molecule has 0 aromatic heterocycles. The van der Waals surface area contributed by atoms with E-state index < -0.39 is 6.04 Å². The average molecular weight is 371 g/mol. The summed E-state index contributed by atoms with van der Waals surface area (Å²) in [6.07, 6.45) is 0.499. The van der Waals surface area contributed by atoms with Crippen molar-refractivity contribution in [1.29, 1.82) is 0 Å². The molecule has 2 aromatic carbocycles. The van der Waals surface area contributed by atoms with Crippen LogP contribution in [0.15, 0.2) is 48.5 Å². The molecule has 0 fully saturated rings. The van der Waals surface area contributed by atoms with E-state index in [0.717, 1.165) is 16.7 Å². The van der Waals surface area contributed by atoms with Crippen LogP contribution in [0.5, 0.6) is 0 Å². The smallest absolute Gasteiger partial charge is 0.308 e. The molecule has 0 heterocycles. The van der Waals surface area contributed by atoms with Crippen LogP contribution in [-0.2, 0) is 20.7 Å². The second-order valence-corrected chi connectivity index (χ2v) is 6.90. The number of carbonyl (C=O) groups excluding carboxylic acids is 2. The monoisotopic (exact) mass is 371 g/mol. The molecule has 1 atom stereocenters. The first kappa shape index (κ1) is 20.6. The second-order valence-electron chi connectivity index (χ2n) is 6.90. The van der Waals surface area contributed by atoms with Crippen molar-refractivity contribution in [3.8, 4) is 0 Å². The maximum absolute atomic E-state index is 13.3. The van der Waals surface area contributed by atoms with Gasteiger partial charge in [0.05, 0.1) is 18.6 Å². The first-order chi connectivity index (χ1) is 12.8. The molecule has 1 amide bonds. The normalized spacial score (nSPS) is 11.9. The predicted octanol–water partition coefficient (Wildman–Crippen LogP) is 4.27. The molecule has 5 heteroatoms. The highest BCUT2D eigenvalue weighted by atomic mass is 19.1. The lowest BCUT2D eigenvalue weighted by Gasteiger charge is -2.20. The molecule has 0 spiro atoms. The highest BCUT2D eigenvalue weighted by Crippen LogP contribution is 2.19. The SMILES string of the molecule is Cc1ccc(C(CC(=O)OC(C)C)NC(=O)CCc2cccc(F)c2)cc1. The van der Waals surface area contributed by atoms with Crippen molar-refractivity contribution in [3.05, 3.63) is 71.0 Å². The number of hydrogen-bond donors (Lipinski definition) is 1. The maximum atomic E-state index is 13.3. The number of benzene rings is 2. The number of rotatable bonds is 8. The van der Waals surface area contributed by atoms with Crippen LogP contribution in [0.2, 0.25) is 0 Å². The minimum Gasteiger partial charge on any atom is -0.463 e. The molecule has 1 unspecified atom stereocenters. The Morgan fingerprint density at radius 2 is 1.81 bits per heavy atom. The summed E-state index contributed by atoms with van der Waals surface area (Å²) in [5.74, 6) is -0.870. The van der Waals surface area contributed by atoms with Crippen molar-refractivity contribution >= 4 is 11.9 Å². The first-order valence-corrected chi connectivity index (χ1v) is 9.13. The van der Waals surface area contributed by atoms with E-state index in [9.17, 15) is 14.0 Å². The first-order valence-electron chi connectivity index (χ1n) is 9.13. The van der Waals surface area contributed by atoms with Gasteiger partial charge < -0.3 is 10.1 Å². The minimum atomic E-state index is -0.461. The summed E-state index contributed by atoms with van der Waals surface area (Å²) in [5.41, 5.74) is 2.70. The van der Waals surface area contributed by atoms with E-state index in [1.807, 2.05) is 31.2 Å². The van der Waals surface area contributed by atoms with E-state index in [-0.39, 0.29) is 36.6 Å². The van der Waals surface area contributed by atoms with Gasteiger partial charge in [-0.2, -0.15) is 0 Å². The van der Waals surface area contributed by atoms with Gasteiger partial charge >= 0.3 is 5.97 Å². The van der Waals surface area contributed by atoms with Crippen molar-refractivity contribution in [2.75, 3.05) is 0 Å². The Morgan fingerprint density at radius 1 is 1.11 bits per heavy atom. The Balaban J connectivity index is 2.02. The molecule has 0 saturated heterocycles. The molecule has 2 rings (SSSR count). The number of amides is 1. The average Bonchev–Trinajstić information content (AvgIpc) is 2.59. The number of aryl methyl sites for hydroxylation is 2. The topological polar surface area (TPSA) is 55.4 Å².